The largest absolute Gasteiger partial charge is 0.416 e. The Kier molecular flexibility index (Phi) is 5.69. The lowest BCUT2D eigenvalue weighted by atomic mass is 10.2. The Labute approximate surface area is 119 Å². The van der Waals surface area contributed by atoms with Gasteiger partial charge in [0.2, 0.25) is 0 Å². The molecule has 0 bridgehead atoms. The molecule has 0 spiro atoms. The third-order valence-electron chi connectivity index (χ3n) is 2.12. The van der Waals surface area contributed by atoms with Crippen molar-refractivity contribution in [2.75, 3.05) is 25.1 Å². The number of nitrogens with one attached hydrogen (secondary N) is 1. The highest BCUT2D eigenvalue weighted by molar-refractivity contribution is 9.10. The van der Waals surface area contributed by atoms with Gasteiger partial charge < -0.3 is 10.1 Å². The average molecular weight is 366 g/mol. The van der Waals surface area contributed by atoms with E-state index in [1.54, 1.807) is 0 Å². The van der Waals surface area contributed by atoms with Crippen LogP contribution in [0.25, 0.3) is 0 Å². The van der Waals surface area contributed by atoms with Crippen molar-refractivity contribution in [3.05, 3.63) is 28.2 Å². The molecule has 0 saturated carbocycles. The molecule has 2 nitrogen and oxygen atoms in total. The summed E-state index contributed by atoms with van der Waals surface area (Å²) in [7, 11) is 0. The lowest BCUT2D eigenvalue weighted by Crippen LogP contribution is -2.20. The van der Waals surface area contributed by atoms with Gasteiger partial charge in [-0.1, -0.05) is 0 Å². The van der Waals surface area contributed by atoms with Gasteiger partial charge in [-0.2, -0.15) is 26.3 Å². The first-order valence-corrected chi connectivity index (χ1v) is 6.14. The zero-order chi connectivity index (χ0) is 15.4. The number of rotatable bonds is 5. The molecule has 0 aliphatic heterocycles. The van der Waals surface area contributed by atoms with Gasteiger partial charge in [-0.3, -0.25) is 0 Å². The van der Waals surface area contributed by atoms with Crippen molar-refractivity contribution in [3.63, 3.8) is 0 Å². The van der Waals surface area contributed by atoms with Crippen LogP contribution in [0.15, 0.2) is 22.7 Å². The molecule has 0 fully saturated rings. The molecule has 1 N–H and O–H groups in total. The first-order chi connectivity index (χ1) is 9.09. The van der Waals surface area contributed by atoms with Crippen LogP contribution in [0.2, 0.25) is 0 Å². The van der Waals surface area contributed by atoms with Gasteiger partial charge in [0.15, 0.2) is 0 Å². The van der Waals surface area contributed by atoms with Crippen LogP contribution in [0.3, 0.4) is 0 Å². The van der Waals surface area contributed by atoms with Crippen molar-refractivity contribution < 1.29 is 31.1 Å². The molecule has 20 heavy (non-hydrogen) atoms. The van der Waals surface area contributed by atoms with Gasteiger partial charge in [0.25, 0.3) is 0 Å². The summed E-state index contributed by atoms with van der Waals surface area (Å²) in [5.74, 6) is 0. The minimum atomic E-state index is -4.48. The van der Waals surface area contributed by atoms with Crippen molar-refractivity contribution >= 4 is 21.6 Å². The monoisotopic (exact) mass is 365 g/mol. The van der Waals surface area contributed by atoms with Crippen LogP contribution in [-0.4, -0.2) is 25.9 Å². The summed E-state index contributed by atoms with van der Waals surface area (Å²) >= 11 is 3.05. The quantitative estimate of drug-likeness (QED) is 0.614. The van der Waals surface area contributed by atoms with Gasteiger partial charge in [-0.05, 0) is 34.1 Å². The number of halogens is 7. The topological polar surface area (TPSA) is 21.3 Å². The molecule has 0 aliphatic carbocycles. The van der Waals surface area contributed by atoms with Crippen LogP contribution >= 0.6 is 15.9 Å². The van der Waals surface area contributed by atoms with Crippen LogP contribution in [0.4, 0.5) is 32.0 Å². The van der Waals surface area contributed by atoms with E-state index in [0.717, 1.165) is 12.1 Å². The van der Waals surface area contributed by atoms with E-state index in [2.05, 4.69) is 26.0 Å². The summed E-state index contributed by atoms with van der Waals surface area (Å²) in [5.41, 5.74) is -0.713. The van der Waals surface area contributed by atoms with Gasteiger partial charge >= 0.3 is 12.4 Å². The Hall–Kier alpha value is -0.960. The molecule has 0 saturated heterocycles. The molecule has 0 amide bonds. The summed E-state index contributed by atoms with van der Waals surface area (Å²) in [6.07, 6.45) is -8.90. The van der Waals surface area contributed by atoms with Crippen LogP contribution in [0, 0.1) is 0 Å². The number of ether oxygens (including phenoxy) is 1. The molecular formula is C11H10BrF6NO. The van der Waals surface area contributed by atoms with E-state index in [0.29, 0.717) is 4.47 Å². The van der Waals surface area contributed by atoms with Gasteiger partial charge in [0.1, 0.15) is 6.61 Å². The molecule has 114 valence electrons. The fourth-order valence-electron chi connectivity index (χ4n) is 1.28. The van der Waals surface area contributed by atoms with E-state index in [1.165, 1.54) is 6.07 Å². The van der Waals surface area contributed by atoms with Crippen LogP contribution < -0.4 is 5.32 Å². The van der Waals surface area contributed by atoms with Crippen molar-refractivity contribution in [1.29, 1.82) is 0 Å². The average Bonchev–Trinajstić information content (AvgIpc) is 2.28. The maximum Gasteiger partial charge on any atom is 0.416 e. The Morgan fingerprint density at radius 2 is 1.75 bits per heavy atom. The molecule has 9 heteroatoms. The van der Waals surface area contributed by atoms with Crippen molar-refractivity contribution in [2.45, 2.75) is 12.4 Å². The highest BCUT2D eigenvalue weighted by Gasteiger charge is 2.31. The summed E-state index contributed by atoms with van der Waals surface area (Å²) < 4.78 is 77.5. The van der Waals surface area contributed by atoms with Gasteiger partial charge in [-0.15, -0.1) is 0 Å². The molecule has 1 aromatic rings. The smallest absolute Gasteiger partial charge is 0.382 e. The van der Waals surface area contributed by atoms with Gasteiger partial charge in [-0.25, -0.2) is 0 Å². The zero-order valence-corrected chi connectivity index (χ0v) is 11.5. The summed E-state index contributed by atoms with van der Waals surface area (Å²) in [6, 6.07) is 2.98. The van der Waals surface area contributed by atoms with Crippen molar-refractivity contribution in [1.82, 2.24) is 0 Å². The fraction of sp³-hybridized carbons (Fsp3) is 0.455. The van der Waals surface area contributed by atoms with E-state index >= 15 is 0 Å². The second-order valence-corrected chi connectivity index (χ2v) is 4.64. The van der Waals surface area contributed by atoms with Gasteiger partial charge in [0.05, 0.1) is 12.2 Å². The molecule has 1 aromatic carbocycles. The Morgan fingerprint density at radius 1 is 1.10 bits per heavy atom. The van der Waals surface area contributed by atoms with Gasteiger partial charge in [0, 0.05) is 16.7 Å². The van der Waals surface area contributed by atoms with Crippen LogP contribution in [0.5, 0.6) is 0 Å². The van der Waals surface area contributed by atoms with Crippen LogP contribution in [-0.2, 0) is 10.9 Å². The SMILES string of the molecule is FC(F)(F)COCCNc1cc(C(F)(F)F)ccc1Br. The molecule has 1 rings (SSSR count). The summed E-state index contributed by atoms with van der Waals surface area (Å²) in [5, 5.41) is 2.57. The Balaban J connectivity index is 2.52. The number of hydrogen-bond acceptors (Lipinski definition) is 2. The van der Waals surface area contributed by atoms with Crippen molar-refractivity contribution in [2.24, 2.45) is 0 Å². The highest BCUT2D eigenvalue weighted by atomic mass is 79.9. The van der Waals surface area contributed by atoms with E-state index in [1.807, 2.05) is 0 Å². The van der Waals surface area contributed by atoms with Crippen molar-refractivity contribution in [3.8, 4) is 0 Å². The molecule has 0 atom stereocenters. The molecule has 0 aliphatic rings. The normalized spacial score (nSPS) is 12.6. The third-order valence-corrected chi connectivity index (χ3v) is 2.81. The standard InChI is InChI=1S/C11H10BrF6NO/c12-8-2-1-7(11(16,17)18)5-9(8)19-3-4-20-6-10(13,14)15/h1-2,5,19H,3-4,6H2. The molecule has 0 unspecified atom stereocenters. The Morgan fingerprint density at radius 3 is 2.30 bits per heavy atom. The first kappa shape index (κ1) is 17.1. The zero-order valence-electron chi connectivity index (χ0n) is 9.91. The maximum absolute atomic E-state index is 12.5. The summed E-state index contributed by atoms with van der Waals surface area (Å²) in [4.78, 5) is 0. The van der Waals surface area contributed by atoms with E-state index in [4.69, 9.17) is 0 Å². The first-order valence-electron chi connectivity index (χ1n) is 5.35. The second kappa shape index (κ2) is 6.66. The molecule has 0 radical (unpaired) electrons. The predicted octanol–water partition coefficient (Wildman–Crippen LogP) is 4.46. The predicted molar refractivity (Wildman–Crippen MR) is 64.5 cm³/mol. The Bertz CT molecular complexity index is 446. The lowest BCUT2D eigenvalue weighted by molar-refractivity contribution is -0.172. The summed E-state index contributed by atoms with van der Waals surface area (Å²) in [6.45, 7) is -1.71. The van der Waals surface area contributed by atoms with Crippen LogP contribution in [0.1, 0.15) is 5.56 Å². The highest BCUT2D eigenvalue weighted by Crippen LogP contribution is 2.33. The van der Waals surface area contributed by atoms with E-state index in [9.17, 15) is 26.3 Å². The number of anilines is 1. The maximum atomic E-state index is 12.5. The fourth-order valence-corrected chi connectivity index (χ4v) is 1.67. The van der Waals surface area contributed by atoms with E-state index < -0.39 is 24.5 Å². The molecule has 0 heterocycles. The number of hydrogen-bond donors (Lipinski definition) is 1. The number of benzene rings is 1. The number of alkyl halides is 6. The lowest BCUT2D eigenvalue weighted by Gasteiger charge is -2.13. The molecular weight excluding hydrogens is 356 g/mol. The minimum absolute atomic E-state index is 0.0456. The minimum Gasteiger partial charge on any atom is -0.382 e. The van der Waals surface area contributed by atoms with E-state index in [-0.39, 0.29) is 18.8 Å². The second-order valence-electron chi connectivity index (χ2n) is 3.79. The third kappa shape index (κ3) is 6.00. The molecule has 0 aromatic heterocycles.